The van der Waals surface area contributed by atoms with E-state index < -0.39 is 0 Å². The van der Waals surface area contributed by atoms with Crippen LogP contribution >= 0.6 is 15.9 Å². The molecule has 1 amide bonds. The molecule has 0 spiro atoms. The summed E-state index contributed by atoms with van der Waals surface area (Å²) in [6, 6.07) is 19.5. The molecule has 0 saturated carbocycles. The Morgan fingerprint density at radius 2 is 1.83 bits per heavy atom. The van der Waals surface area contributed by atoms with Crippen molar-refractivity contribution in [3.05, 3.63) is 88.5 Å². The molecule has 5 heteroatoms. The summed E-state index contributed by atoms with van der Waals surface area (Å²) in [4.78, 5) is 12.1. The third kappa shape index (κ3) is 4.43. The van der Waals surface area contributed by atoms with Crippen LogP contribution in [0.4, 0.5) is 5.82 Å². The van der Waals surface area contributed by atoms with Gasteiger partial charge in [-0.2, -0.15) is 5.10 Å². The molecule has 0 unspecified atom stereocenters. The van der Waals surface area contributed by atoms with Crippen LogP contribution in [0.1, 0.15) is 11.1 Å². The van der Waals surface area contributed by atoms with E-state index >= 15 is 0 Å². The number of halogens is 1. The lowest BCUT2D eigenvalue weighted by atomic mass is 10.2. The predicted molar refractivity (Wildman–Crippen MR) is 99.6 cm³/mol. The highest BCUT2D eigenvalue weighted by molar-refractivity contribution is 9.10. The Hall–Kier alpha value is -2.66. The predicted octanol–water partition coefficient (Wildman–Crippen LogP) is 4.35. The van der Waals surface area contributed by atoms with Gasteiger partial charge >= 0.3 is 0 Å². The number of aromatic nitrogens is 2. The number of anilines is 1. The number of nitrogens with one attached hydrogen (secondary N) is 1. The van der Waals surface area contributed by atoms with Gasteiger partial charge in [0, 0.05) is 16.6 Å². The number of benzene rings is 2. The van der Waals surface area contributed by atoms with Crippen molar-refractivity contribution in [3.8, 4) is 0 Å². The van der Waals surface area contributed by atoms with Crippen molar-refractivity contribution in [1.29, 1.82) is 0 Å². The molecule has 1 aromatic heterocycles. The van der Waals surface area contributed by atoms with Crippen LogP contribution in [0.5, 0.6) is 0 Å². The zero-order valence-electron chi connectivity index (χ0n) is 12.9. The molecular formula is C19H16BrN3O. The Morgan fingerprint density at radius 1 is 1.08 bits per heavy atom. The summed E-state index contributed by atoms with van der Waals surface area (Å²) in [7, 11) is 0. The lowest BCUT2D eigenvalue weighted by Crippen LogP contribution is -2.13. The third-order valence-electron chi connectivity index (χ3n) is 3.44. The Bertz CT molecular complexity index is 839. The standard InChI is InChI=1S/C19H16BrN3O/c20-17-9-6-16(7-10-17)14-23-18(12-13-21-23)22-19(24)11-8-15-4-2-1-3-5-15/h1-13H,14H2,(H,22,24). The first-order valence-electron chi connectivity index (χ1n) is 7.51. The smallest absolute Gasteiger partial charge is 0.249 e. The van der Waals surface area contributed by atoms with Crippen molar-refractivity contribution in [2.45, 2.75) is 6.54 Å². The van der Waals surface area contributed by atoms with Crippen molar-refractivity contribution in [1.82, 2.24) is 9.78 Å². The monoisotopic (exact) mass is 381 g/mol. The molecule has 1 heterocycles. The fourth-order valence-electron chi connectivity index (χ4n) is 2.23. The van der Waals surface area contributed by atoms with Crippen LogP contribution in [0, 0.1) is 0 Å². The van der Waals surface area contributed by atoms with E-state index in [9.17, 15) is 4.79 Å². The molecule has 1 N–H and O–H groups in total. The van der Waals surface area contributed by atoms with Gasteiger partial charge in [0.05, 0.1) is 12.7 Å². The van der Waals surface area contributed by atoms with Crippen LogP contribution in [0.15, 0.2) is 77.4 Å². The number of nitrogens with zero attached hydrogens (tertiary/aromatic N) is 2. The zero-order chi connectivity index (χ0) is 16.8. The Balaban J connectivity index is 1.65. The molecule has 0 saturated heterocycles. The SMILES string of the molecule is O=C(C=Cc1ccccc1)Nc1ccnn1Cc1ccc(Br)cc1. The highest BCUT2D eigenvalue weighted by Crippen LogP contribution is 2.14. The van der Waals surface area contributed by atoms with Crippen LogP contribution in [0.2, 0.25) is 0 Å². The maximum atomic E-state index is 12.1. The van der Waals surface area contributed by atoms with E-state index in [4.69, 9.17) is 0 Å². The molecule has 120 valence electrons. The van der Waals surface area contributed by atoms with Crippen LogP contribution in [0.3, 0.4) is 0 Å². The van der Waals surface area contributed by atoms with Crippen LogP contribution in [0.25, 0.3) is 6.08 Å². The van der Waals surface area contributed by atoms with E-state index in [2.05, 4.69) is 26.3 Å². The van der Waals surface area contributed by atoms with Crippen molar-refractivity contribution < 1.29 is 4.79 Å². The summed E-state index contributed by atoms with van der Waals surface area (Å²) >= 11 is 3.42. The molecule has 0 aliphatic carbocycles. The Labute approximate surface area is 149 Å². The van der Waals surface area contributed by atoms with E-state index in [1.165, 1.54) is 6.08 Å². The van der Waals surface area contributed by atoms with Gasteiger partial charge in [0.1, 0.15) is 5.82 Å². The summed E-state index contributed by atoms with van der Waals surface area (Å²) in [6.45, 7) is 0.596. The summed E-state index contributed by atoms with van der Waals surface area (Å²) in [5.41, 5.74) is 2.09. The highest BCUT2D eigenvalue weighted by Gasteiger charge is 2.06. The average Bonchev–Trinajstić information content (AvgIpc) is 3.03. The molecular weight excluding hydrogens is 366 g/mol. The topological polar surface area (TPSA) is 46.9 Å². The van der Waals surface area contributed by atoms with Gasteiger partial charge in [-0.05, 0) is 29.3 Å². The summed E-state index contributed by atoms with van der Waals surface area (Å²) in [5.74, 6) is 0.483. The first-order chi connectivity index (χ1) is 11.7. The minimum absolute atomic E-state index is 0.184. The normalized spacial score (nSPS) is 10.9. The van der Waals surface area contributed by atoms with Gasteiger partial charge in [-0.3, -0.25) is 4.79 Å². The summed E-state index contributed by atoms with van der Waals surface area (Å²) in [5, 5.41) is 7.13. The molecule has 3 aromatic rings. The number of hydrogen-bond donors (Lipinski definition) is 1. The van der Waals surface area contributed by atoms with Crippen molar-refractivity contribution in [3.63, 3.8) is 0 Å². The van der Waals surface area contributed by atoms with Crippen LogP contribution in [-0.4, -0.2) is 15.7 Å². The van der Waals surface area contributed by atoms with Gasteiger partial charge in [0.25, 0.3) is 0 Å². The highest BCUT2D eigenvalue weighted by atomic mass is 79.9. The zero-order valence-corrected chi connectivity index (χ0v) is 14.5. The lowest BCUT2D eigenvalue weighted by Gasteiger charge is -2.08. The molecule has 0 atom stereocenters. The minimum Gasteiger partial charge on any atom is -0.307 e. The largest absolute Gasteiger partial charge is 0.307 e. The van der Waals surface area contributed by atoms with E-state index in [-0.39, 0.29) is 5.91 Å². The van der Waals surface area contributed by atoms with Gasteiger partial charge in [-0.25, -0.2) is 4.68 Å². The fourth-order valence-corrected chi connectivity index (χ4v) is 2.50. The van der Waals surface area contributed by atoms with Crippen molar-refractivity contribution in [2.75, 3.05) is 5.32 Å². The molecule has 0 radical (unpaired) electrons. The quantitative estimate of drug-likeness (QED) is 0.667. The van der Waals surface area contributed by atoms with Gasteiger partial charge in [-0.15, -0.1) is 0 Å². The Kier molecular flexibility index (Phi) is 5.23. The maximum Gasteiger partial charge on any atom is 0.249 e. The first kappa shape index (κ1) is 16.2. The van der Waals surface area contributed by atoms with Crippen LogP contribution < -0.4 is 5.32 Å². The lowest BCUT2D eigenvalue weighted by molar-refractivity contribution is -0.111. The molecule has 2 aromatic carbocycles. The second-order valence-electron chi connectivity index (χ2n) is 5.23. The molecule has 0 bridgehead atoms. The summed E-state index contributed by atoms with van der Waals surface area (Å²) < 4.78 is 2.80. The van der Waals surface area contributed by atoms with E-state index in [0.717, 1.165) is 15.6 Å². The third-order valence-corrected chi connectivity index (χ3v) is 3.97. The second kappa shape index (κ2) is 7.75. The molecule has 0 fully saturated rings. The number of hydrogen-bond acceptors (Lipinski definition) is 2. The van der Waals surface area contributed by atoms with E-state index in [1.807, 2.05) is 54.6 Å². The number of carbonyl (C=O) groups is 1. The number of rotatable bonds is 5. The van der Waals surface area contributed by atoms with Gasteiger partial charge in [0.15, 0.2) is 0 Å². The van der Waals surface area contributed by atoms with Crippen LogP contribution in [-0.2, 0) is 11.3 Å². The fraction of sp³-hybridized carbons (Fsp3) is 0.0526. The van der Waals surface area contributed by atoms with Crippen molar-refractivity contribution >= 4 is 33.7 Å². The Morgan fingerprint density at radius 3 is 2.58 bits per heavy atom. The first-order valence-corrected chi connectivity index (χ1v) is 8.30. The maximum absolute atomic E-state index is 12.1. The van der Waals surface area contributed by atoms with E-state index in [1.54, 1.807) is 23.0 Å². The minimum atomic E-state index is -0.184. The summed E-state index contributed by atoms with van der Waals surface area (Å²) in [6.07, 6.45) is 4.98. The van der Waals surface area contributed by atoms with E-state index in [0.29, 0.717) is 12.4 Å². The molecule has 3 rings (SSSR count). The number of carbonyl (C=O) groups excluding carboxylic acids is 1. The molecule has 0 aliphatic heterocycles. The molecule has 4 nitrogen and oxygen atoms in total. The van der Waals surface area contributed by atoms with Gasteiger partial charge in [-0.1, -0.05) is 58.4 Å². The van der Waals surface area contributed by atoms with Gasteiger partial charge < -0.3 is 5.32 Å². The second-order valence-corrected chi connectivity index (χ2v) is 6.15. The number of amides is 1. The van der Waals surface area contributed by atoms with Crippen molar-refractivity contribution in [2.24, 2.45) is 0 Å². The van der Waals surface area contributed by atoms with Gasteiger partial charge in [0.2, 0.25) is 5.91 Å². The molecule has 0 aliphatic rings. The average molecular weight is 382 g/mol. The molecule has 24 heavy (non-hydrogen) atoms.